The first-order valence-corrected chi connectivity index (χ1v) is 9.38. The molecule has 2 heteroatoms. The highest BCUT2D eigenvalue weighted by Crippen LogP contribution is 2.32. The number of hydrogen-bond acceptors (Lipinski definition) is 1. The highest BCUT2D eigenvalue weighted by molar-refractivity contribution is 5.66. The minimum atomic E-state index is 0. The third kappa shape index (κ3) is 6.21. The van der Waals surface area contributed by atoms with Crippen LogP contribution in [-0.4, -0.2) is 9.97 Å². The van der Waals surface area contributed by atoms with Gasteiger partial charge in [0, 0.05) is 6.99 Å². The first-order valence-electron chi connectivity index (χ1n) is 9.38. The standard InChI is InChI=1S/C14H16N2.C3H8.2C2H6.H2/c1-10-6-7-13(14-8-15-9-16-14)12-5-3-2-4-11(10)12;1-3-2;2*1-2;/h6-9H,2-5H2,1H3,(H,15,16);3H2,1-2H3;2*1-2H3;1H. The lowest BCUT2D eigenvalue weighted by atomic mass is 9.85. The van der Waals surface area contributed by atoms with Crippen LogP contribution in [0.15, 0.2) is 24.7 Å². The van der Waals surface area contributed by atoms with Crippen LogP contribution in [-0.2, 0) is 12.8 Å². The van der Waals surface area contributed by atoms with Crippen LogP contribution in [0.25, 0.3) is 11.3 Å². The molecule has 1 aliphatic rings. The number of benzene rings is 1. The number of nitrogens with zero attached hydrogens (tertiary/aromatic N) is 1. The van der Waals surface area contributed by atoms with Gasteiger partial charge in [0.1, 0.15) is 0 Å². The Balaban J connectivity index is 0. The van der Waals surface area contributed by atoms with Crippen LogP contribution in [0.2, 0.25) is 0 Å². The lowest BCUT2D eigenvalue weighted by Crippen LogP contribution is -2.06. The summed E-state index contributed by atoms with van der Waals surface area (Å²) in [5, 5.41) is 0. The second-order valence-corrected chi connectivity index (χ2v) is 5.27. The Bertz CT molecular complexity index is 519. The zero-order valence-electron chi connectivity index (χ0n) is 16.3. The molecular weight excluding hydrogens is 280 g/mol. The minimum Gasteiger partial charge on any atom is -0.345 e. The van der Waals surface area contributed by atoms with Gasteiger partial charge in [-0.3, -0.25) is 0 Å². The molecule has 1 N–H and O–H groups in total. The number of aromatic amines is 1. The van der Waals surface area contributed by atoms with Gasteiger partial charge in [0.05, 0.1) is 18.2 Å². The number of aromatic nitrogens is 2. The molecule has 1 aromatic heterocycles. The largest absolute Gasteiger partial charge is 0.345 e. The fraction of sp³-hybridized carbons (Fsp3) is 0.571. The molecule has 23 heavy (non-hydrogen) atoms. The van der Waals surface area contributed by atoms with E-state index in [-0.39, 0.29) is 1.43 Å². The summed E-state index contributed by atoms with van der Waals surface area (Å²) >= 11 is 0. The fourth-order valence-electron chi connectivity index (χ4n) is 2.70. The molecule has 0 fully saturated rings. The van der Waals surface area contributed by atoms with Gasteiger partial charge in [0.2, 0.25) is 0 Å². The topological polar surface area (TPSA) is 28.7 Å². The molecule has 1 heterocycles. The van der Waals surface area contributed by atoms with E-state index in [2.05, 4.69) is 42.9 Å². The lowest BCUT2D eigenvalue weighted by Gasteiger charge is -2.21. The van der Waals surface area contributed by atoms with Crippen LogP contribution in [0.5, 0.6) is 0 Å². The Morgan fingerprint density at radius 2 is 1.57 bits per heavy atom. The Hall–Kier alpha value is -1.57. The quantitative estimate of drug-likeness (QED) is 0.603. The van der Waals surface area contributed by atoms with Crippen molar-refractivity contribution in [3.05, 3.63) is 41.3 Å². The molecule has 0 unspecified atom stereocenters. The minimum absolute atomic E-state index is 0. The number of aryl methyl sites for hydroxylation is 1. The predicted octanol–water partition coefficient (Wildman–Crippen LogP) is 6.98. The van der Waals surface area contributed by atoms with Gasteiger partial charge in [-0.25, -0.2) is 4.98 Å². The SMILES string of the molecule is CC.CC.CCC.Cc1ccc(-c2cnc[nH]2)c2c1CCCC2.[HH]. The van der Waals surface area contributed by atoms with Gasteiger partial charge in [-0.15, -0.1) is 0 Å². The van der Waals surface area contributed by atoms with Crippen LogP contribution >= 0.6 is 0 Å². The fourth-order valence-corrected chi connectivity index (χ4v) is 2.70. The highest BCUT2D eigenvalue weighted by atomic mass is 14.9. The zero-order valence-corrected chi connectivity index (χ0v) is 16.3. The molecule has 0 bridgehead atoms. The van der Waals surface area contributed by atoms with E-state index >= 15 is 0 Å². The molecule has 1 aliphatic carbocycles. The van der Waals surface area contributed by atoms with Crippen molar-refractivity contribution >= 4 is 0 Å². The van der Waals surface area contributed by atoms with Crippen molar-refractivity contribution < 1.29 is 1.43 Å². The summed E-state index contributed by atoms with van der Waals surface area (Å²) in [7, 11) is 0. The molecule has 0 saturated carbocycles. The van der Waals surface area contributed by atoms with Crippen molar-refractivity contribution in [1.29, 1.82) is 0 Å². The summed E-state index contributed by atoms with van der Waals surface area (Å²) in [6.07, 6.45) is 10.0. The molecule has 0 spiro atoms. The van der Waals surface area contributed by atoms with E-state index < -0.39 is 0 Å². The van der Waals surface area contributed by atoms with Gasteiger partial charge in [-0.1, -0.05) is 60.1 Å². The Labute approximate surface area is 145 Å². The average Bonchev–Trinajstić information content (AvgIpc) is 3.14. The summed E-state index contributed by atoms with van der Waals surface area (Å²) in [6.45, 7) is 14.5. The van der Waals surface area contributed by atoms with E-state index in [9.17, 15) is 0 Å². The van der Waals surface area contributed by atoms with Crippen molar-refractivity contribution in [3.8, 4) is 11.3 Å². The van der Waals surface area contributed by atoms with E-state index in [0.29, 0.717) is 0 Å². The first kappa shape index (κ1) is 21.4. The summed E-state index contributed by atoms with van der Waals surface area (Å²) < 4.78 is 0. The monoisotopic (exact) mass is 318 g/mol. The third-order valence-electron chi connectivity index (χ3n) is 3.56. The summed E-state index contributed by atoms with van der Waals surface area (Å²) in [4.78, 5) is 7.33. The van der Waals surface area contributed by atoms with Gasteiger partial charge in [0.25, 0.3) is 0 Å². The first-order chi connectivity index (χ1) is 11.3. The predicted molar refractivity (Wildman–Crippen MR) is 106 cm³/mol. The number of nitrogens with one attached hydrogen (secondary N) is 1. The van der Waals surface area contributed by atoms with Crippen molar-refractivity contribution in [2.45, 2.75) is 80.6 Å². The molecule has 3 rings (SSSR count). The molecule has 0 radical (unpaired) electrons. The Morgan fingerprint density at radius 1 is 1.00 bits per heavy atom. The van der Waals surface area contributed by atoms with Crippen molar-refractivity contribution in [2.24, 2.45) is 0 Å². The Kier molecular flexibility index (Phi) is 12.0. The van der Waals surface area contributed by atoms with Gasteiger partial charge < -0.3 is 4.98 Å². The van der Waals surface area contributed by atoms with E-state index in [0.717, 1.165) is 5.69 Å². The smallest absolute Gasteiger partial charge is 0.0924 e. The van der Waals surface area contributed by atoms with E-state index in [1.807, 2.05) is 33.9 Å². The zero-order chi connectivity index (χ0) is 17.7. The number of rotatable bonds is 1. The molecule has 0 amide bonds. The molecule has 0 saturated heterocycles. The van der Waals surface area contributed by atoms with Gasteiger partial charge in [0.15, 0.2) is 0 Å². The highest BCUT2D eigenvalue weighted by Gasteiger charge is 2.16. The maximum Gasteiger partial charge on any atom is 0.0924 e. The van der Waals surface area contributed by atoms with Crippen molar-refractivity contribution in [2.75, 3.05) is 0 Å². The molecule has 0 atom stereocenters. The molecule has 1 aromatic carbocycles. The van der Waals surface area contributed by atoms with Gasteiger partial charge >= 0.3 is 0 Å². The van der Waals surface area contributed by atoms with E-state index in [1.165, 1.54) is 48.8 Å². The summed E-state index contributed by atoms with van der Waals surface area (Å²) in [5.74, 6) is 0. The second kappa shape index (κ2) is 12.9. The number of hydrogen-bond donors (Lipinski definition) is 1. The van der Waals surface area contributed by atoms with Gasteiger partial charge in [-0.05, 0) is 49.3 Å². The number of H-pyrrole nitrogens is 1. The summed E-state index contributed by atoms with van der Waals surface area (Å²) in [6, 6.07) is 4.47. The number of imidazole rings is 1. The van der Waals surface area contributed by atoms with E-state index in [4.69, 9.17) is 0 Å². The third-order valence-corrected chi connectivity index (χ3v) is 3.56. The Morgan fingerprint density at radius 3 is 2.09 bits per heavy atom. The van der Waals surface area contributed by atoms with Crippen LogP contribution in [0.4, 0.5) is 0 Å². The van der Waals surface area contributed by atoms with Crippen LogP contribution in [0, 0.1) is 6.92 Å². The van der Waals surface area contributed by atoms with Gasteiger partial charge in [-0.2, -0.15) is 0 Å². The van der Waals surface area contributed by atoms with Crippen LogP contribution in [0.1, 0.15) is 78.9 Å². The molecule has 2 aromatic rings. The normalized spacial score (nSPS) is 11.6. The second-order valence-electron chi connectivity index (χ2n) is 5.27. The van der Waals surface area contributed by atoms with Crippen molar-refractivity contribution in [3.63, 3.8) is 0 Å². The average molecular weight is 319 g/mol. The molecule has 0 aliphatic heterocycles. The van der Waals surface area contributed by atoms with Crippen LogP contribution < -0.4 is 0 Å². The van der Waals surface area contributed by atoms with Crippen LogP contribution in [0.3, 0.4) is 0 Å². The van der Waals surface area contributed by atoms with E-state index in [1.54, 1.807) is 11.9 Å². The molecular formula is C21H38N2. The van der Waals surface area contributed by atoms with Crippen molar-refractivity contribution in [1.82, 2.24) is 9.97 Å². The lowest BCUT2D eigenvalue weighted by molar-refractivity contribution is 0.683. The molecule has 2 nitrogen and oxygen atoms in total. The number of fused-ring (bicyclic) bond motifs is 1. The maximum atomic E-state index is 4.11. The maximum absolute atomic E-state index is 4.11. The summed E-state index contributed by atoms with van der Waals surface area (Å²) in [5.41, 5.74) is 7.04. The molecule has 132 valence electrons.